The summed E-state index contributed by atoms with van der Waals surface area (Å²) in [6, 6.07) is 10.7. The zero-order valence-electron chi connectivity index (χ0n) is 7.31. The van der Waals surface area contributed by atoms with E-state index in [1.54, 1.807) is 6.07 Å². The molecular formula is C11H8O3. The van der Waals surface area contributed by atoms with Crippen LogP contribution in [0, 0.1) is 0 Å². The van der Waals surface area contributed by atoms with E-state index in [4.69, 9.17) is 0 Å². The maximum absolute atomic E-state index is 11.0. The van der Waals surface area contributed by atoms with Crippen LogP contribution in [0.5, 0.6) is 5.75 Å². The van der Waals surface area contributed by atoms with Gasteiger partial charge in [-0.15, -0.1) is 0 Å². The van der Waals surface area contributed by atoms with Gasteiger partial charge in [-0.05, 0) is 11.6 Å². The molecule has 0 aliphatic rings. The number of benzene rings is 1. The van der Waals surface area contributed by atoms with Crippen molar-refractivity contribution in [3.8, 4) is 16.9 Å². The van der Waals surface area contributed by atoms with Crippen molar-refractivity contribution >= 4 is 0 Å². The Labute approximate surface area is 80.2 Å². The van der Waals surface area contributed by atoms with Crippen LogP contribution in [0.4, 0.5) is 0 Å². The zero-order chi connectivity index (χ0) is 9.97. The molecule has 0 saturated heterocycles. The molecule has 0 fully saturated rings. The first-order valence-electron chi connectivity index (χ1n) is 4.15. The molecule has 0 spiro atoms. The van der Waals surface area contributed by atoms with E-state index in [1.165, 1.54) is 6.26 Å². The first-order chi connectivity index (χ1) is 6.79. The Morgan fingerprint density at radius 3 is 2.50 bits per heavy atom. The molecule has 1 N–H and O–H groups in total. The summed E-state index contributed by atoms with van der Waals surface area (Å²) < 4.78 is 4.51. The lowest BCUT2D eigenvalue weighted by Gasteiger charge is -2.01. The van der Waals surface area contributed by atoms with Gasteiger partial charge in [-0.1, -0.05) is 30.3 Å². The third-order valence-electron chi connectivity index (χ3n) is 1.94. The average Bonchev–Trinajstić information content (AvgIpc) is 2.23. The van der Waals surface area contributed by atoms with Gasteiger partial charge in [-0.2, -0.15) is 0 Å². The molecule has 3 nitrogen and oxygen atoms in total. The molecule has 0 amide bonds. The normalized spacial score (nSPS) is 10.0. The Hall–Kier alpha value is -2.03. The molecule has 1 heterocycles. The van der Waals surface area contributed by atoms with Gasteiger partial charge in [0.1, 0.15) is 0 Å². The van der Waals surface area contributed by atoms with Crippen molar-refractivity contribution in [2.45, 2.75) is 0 Å². The summed E-state index contributed by atoms with van der Waals surface area (Å²) in [5.74, 6) is -0.348. The molecule has 0 unspecified atom stereocenters. The highest BCUT2D eigenvalue weighted by Gasteiger charge is 2.07. The Bertz CT molecular complexity index is 485. The van der Waals surface area contributed by atoms with Crippen LogP contribution in [0.25, 0.3) is 11.1 Å². The van der Waals surface area contributed by atoms with Gasteiger partial charge in [0.15, 0.2) is 0 Å². The predicted octanol–water partition coefficient (Wildman–Crippen LogP) is 2.01. The minimum atomic E-state index is -0.716. The first kappa shape index (κ1) is 8.56. The van der Waals surface area contributed by atoms with Gasteiger partial charge < -0.3 is 9.52 Å². The second kappa shape index (κ2) is 3.38. The quantitative estimate of drug-likeness (QED) is 0.744. The minimum absolute atomic E-state index is 0.348. The van der Waals surface area contributed by atoms with Crippen molar-refractivity contribution in [1.29, 1.82) is 0 Å². The van der Waals surface area contributed by atoms with Gasteiger partial charge in [-0.25, -0.2) is 4.79 Å². The van der Waals surface area contributed by atoms with Crippen LogP contribution in [0.15, 0.2) is 51.9 Å². The Kier molecular flexibility index (Phi) is 2.07. The zero-order valence-corrected chi connectivity index (χ0v) is 7.31. The van der Waals surface area contributed by atoms with E-state index in [-0.39, 0.29) is 5.75 Å². The number of aromatic hydroxyl groups is 1. The fourth-order valence-electron chi connectivity index (χ4n) is 1.26. The molecule has 0 saturated carbocycles. The molecule has 3 heteroatoms. The van der Waals surface area contributed by atoms with E-state index in [0.29, 0.717) is 5.56 Å². The molecule has 0 aliphatic heterocycles. The lowest BCUT2D eigenvalue weighted by atomic mass is 10.1. The van der Waals surface area contributed by atoms with Gasteiger partial charge in [0.05, 0.1) is 6.26 Å². The van der Waals surface area contributed by atoms with Crippen LogP contribution in [0.1, 0.15) is 0 Å². The summed E-state index contributed by atoms with van der Waals surface area (Å²) in [5, 5.41) is 9.44. The smallest absolute Gasteiger partial charge is 0.378 e. The molecule has 0 aliphatic carbocycles. The summed E-state index contributed by atoms with van der Waals surface area (Å²) in [4.78, 5) is 11.0. The number of rotatable bonds is 1. The topological polar surface area (TPSA) is 50.4 Å². The molecule has 0 bridgehead atoms. The van der Waals surface area contributed by atoms with E-state index >= 15 is 0 Å². The van der Waals surface area contributed by atoms with Crippen molar-refractivity contribution in [2.24, 2.45) is 0 Å². The van der Waals surface area contributed by atoms with Crippen molar-refractivity contribution in [2.75, 3.05) is 0 Å². The lowest BCUT2D eigenvalue weighted by molar-refractivity contribution is 0.414. The summed E-state index contributed by atoms with van der Waals surface area (Å²) in [7, 11) is 0. The second-order valence-corrected chi connectivity index (χ2v) is 2.84. The monoisotopic (exact) mass is 188 g/mol. The largest absolute Gasteiger partial charge is 0.501 e. The Morgan fingerprint density at radius 2 is 1.79 bits per heavy atom. The average molecular weight is 188 g/mol. The molecule has 0 atom stereocenters. The van der Waals surface area contributed by atoms with E-state index in [2.05, 4.69) is 4.42 Å². The van der Waals surface area contributed by atoms with E-state index < -0.39 is 5.63 Å². The second-order valence-electron chi connectivity index (χ2n) is 2.84. The molecule has 0 radical (unpaired) electrons. The predicted molar refractivity (Wildman–Crippen MR) is 52.1 cm³/mol. The van der Waals surface area contributed by atoms with E-state index in [1.807, 2.05) is 30.3 Å². The minimum Gasteiger partial charge on any atom is -0.501 e. The Morgan fingerprint density at radius 1 is 1.07 bits per heavy atom. The van der Waals surface area contributed by atoms with E-state index in [9.17, 15) is 9.90 Å². The van der Waals surface area contributed by atoms with Crippen LogP contribution in [0.2, 0.25) is 0 Å². The van der Waals surface area contributed by atoms with E-state index in [0.717, 1.165) is 5.56 Å². The third kappa shape index (κ3) is 1.40. The molecule has 1 aromatic heterocycles. The maximum Gasteiger partial charge on any atom is 0.378 e. The van der Waals surface area contributed by atoms with Crippen LogP contribution in [-0.4, -0.2) is 5.11 Å². The van der Waals surface area contributed by atoms with Gasteiger partial charge in [0, 0.05) is 5.56 Å². The van der Waals surface area contributed by atoms with Gasteiger partial charge >= 0.3 is 5.63 Å². The summed E-state index contributed by atoms with van der Waals surface area (Å²) >= 11 is 0. The van der Waals surface area contributed by atoms with Crippen LogP contribution >= 0.6 is 0 Å². The fourth-order valence-corrected chi connectivity index (χ4v) is 1.26. The Balaban J connectivity index is 2.64. The molecule has 14 heavy (non-hydrogen) atoms. The maximum atomic E-state index is 11.0. The van der Waals surface area contributed by atoms with Crippen molar-refractivity contribution in [3.05, 3.63) is 53.1 Å². The summed E-state index contributed by atoms with van der Waals surface area (Å²) in [6.45, 7) is 0. The first-order valence-corrected chi connectivity index (χ1v) is 4.15. The van der Waals surface area contributed by atoms with Crippen LogP contribution in [0.3, 0.4) is 0 Å². The van der Waals surface area contributed by atoms with Crippen molar-refractivity contribution < 1.29 is 9.52 Å². The standard InChI is InChI=1S/C11H8O3/c12-10-9(6-7-14-11(10)13)8-4-2-1-3-5-8/h1-7,12H. The summed E-state index contributed by atoms with van der Waals surface area (Å²) in [6.07, 6.45) is 1.27. The SMILES string of the molecule is O=c1occc(-c2ccccc2)c1O. The van der Waals surface area contributed by atoms with Crippen molar-refractivity contribution in [3.63, 3.8) is 0 Å². The molecular weight excluding hydrogens is 180 g/mol. The molecule has 1 aromatic carbocycles. The van der Waals surface area contributed by atoms with Crippen LogP contribution in [-0.2, 0) is 0 Å². The number of hydrogen-bond acceptors (Lipinski definition) is 3. The highest BCUT2D eigenvalue weighted by molar-refractivity contribution is 5.68. The fraction of sp³-hybridized carbons (Fsp3) is 0. The van der Waals surface area contributed by atoms with Gasteiger partial charge in [0.25, 0.3) is 0 Å². The molecule has 70 valence electrons. The number of hydrogen-bond donors (Lipinski definition) is 1. The molecule has 2 aromatic rings. The highest BCUT2D eigenvalue weighted by Crippen LogP contribution is 2.24. The third-order valence-corrected chi connectivity index (χ3v) is 1.94. The lowest BCUT2D eigenvalue weighted by Crippen LogP contribution is -1.97. The molecule has 2 rings (SSSR count). The summed E-state index contributed by atoms with van der Waals surface area (Å²) in [5.41, 5.74) is 0.561. The highest BCUT2D eigenvalue weighted by atomic mass is 16.4. The van der Waals surface area contributed by atoms with Crippen LogP contribution < -0.4 is 5.63 Å². The van der Waals surface area contributed by atoms with Crippen molar-refractivity contribution in [1.82, 2.24) is 0 Å². The van der Waals surface area contributed by atoms with Gasteiger partial charge in [-0.3, -0.25) is 0 Å². The van der Waals surface area contributed by atoms with Gasteiger partial charge in [0.2, 0.25) is 5.75 Å².